The van der Waals surface area contributed by atoms with Gasteiger partial charge in [0, 0.05) is 16.2 Å². The van der Waals surface area contributed by atoms with Crippen molar-refractivity contribution in [3.8, 4) is 6.07 Å². The minimum atomic E-state index is -0.787. The minimum absolute atomic E-state index is 0.0142. The molecule has 0 radical (unpaired) electrons. The molecule has 6 heteroatoms. The van der Waals surface area contributed by atoms with Gasteiger partial charge in [0.15, 0.2) is 5.82 Å². The lowest BCUT2D eigenvalue weighted by atomic mass is 10.2. The van der Waals surface area contributed by atoms with E-state index in [1.165, 1.54) is 0 Å². The van der Waals surface area contributed by atoms with Crippen molar-refractivity contribution in [1.29, 1.82) is 5.26 Å². The monoisotopic (exact) mass is 342 g/mol. The molecule has 96 valence electrons. The van der Waals surface area contributed by atoms with Gasteiger partial charge >= 0.3 is 0 Å². The molecule has 0 amide bonds. The lowest BCUT2D eigenvalue weighted by Crippen LogP contribution is -1.96. The molecular weight excluding hydrogens is 338 g/mol. The van der Waals surface area contributed by atoms with Crippen LogP contribution in [-0.2, 0) is 0 Å². The molecule has 0 aliphatic rings. The van der Waals surface area contributed by atoms with Gasteiger partial charge in [-0.05, 0) is 40.2 Å². The van der Waals surface area contributed by atoms with Gasteiger partial charge in [0.25, 0.3) is 0 Å². The molecule has 0 spiro atoms. The Bertz CT molecular complexity index is 660. The molecule has 2 aromatic carbocycles. The Morgan fingerprint density at radius 3 is 2.53 bits per heavy atom. The molecule has 0 saturated carbocycles. The Morgan fingerprint density at radius 2 is 1.95 bits per heavy atom. The third-order valence-electron chi connectivity index (χ3n) is 2.37. The molecule has 2 nitrogen and oxygen atoms in total. The highest BCUT2D eigenvalue weighted by molar-refractivity contribution is 9.10. The van der Waals surface area contributed by atoms with Crippen LogP contribution in [0.25, 0.3) is 0 Å². The Balaban J connectivity index is 2.37. The quantitative estimate of drug-likeness (QED) is 0.833. The average molecular weight is 344 g/mol. The normalized spacial score (nSPS) is 10.1. The second-order valence-corrected chi connectivity index (χ2v) is 4.94. The van der Waals surface area contributed by atoms with Crippen LogP contribution in [0.4, 0.5) is 20.2 Å². The summed E-state index contributed by atoms with van der Waals surface area (Å²) in [5.41, 5.74) is 0.967. The molecule has 0 heterocycles. The van der Waals surface area contributed by atoms with E-state index in [0.717, 1.165) is 12.1 Å². The van der Waals surface area contributed by atoms with Gasteiger partial charge < -0.3 is 5.32 Å². The molecule has 2 aromatic rings. The molecule has 0 atom stereocenters. The molecule has 0 bridgehead atoms. The van der Waals surface area contributed by atoms with Crippen LogP contribution in [-0.4, -0.2) is 0 Å². The lowest BCUT2D eigenvalue weighted by Gasteiger charge is -2.10. The SMILES string of the molecule is N#Cc1ccc(Nc2c(F)cc(F)cc2Cl)cc1Br. The standard InChI is InChI=1S/C13H6BrClF2N2/c14-10-5-9(2-1-7(10)6-18)19-13-11(15)3-8(16)4-12(13)17/h1-5,19H. The maximum atomic E-state index is 13.6. The van der Waals surface area contributed by atoms with Crippen molar-refractivity contribution in [3.05, 3.63) is 57.0 Å². The van der Waals surface area contributed by atoms with Crippen LogP contribution in [0.2, 0.25) is 5.02 Å². The van der Waals surface area contributed by atoms with Crippen molar-refractivity contribution >= 4 is 38.9 Å². The van der Waals surface area contributed by atoms with Crippen LogP contribution in [0.15, 0.2) is 34.8 Å². The highest BCUT2D eigenvalue weighted by Crippen LogP contribution is 2.30. The number of nitriles is 1. The molecule has 0 aliphatic heterocycles. The van der Waals surface area contributed by atoms with E-state index in [4.69, 9.17) is 16.9 Å². The summed E-state index contributed by atoms with van der Waals surface area (Å²) in [6, 6.07) is 8.53. The summed E-state index contributed by atoms with van der Waals surface area (Å²) in [7, 11) is 0. The number of anilines is 2. The van der Waals surface area contributed by atoms with Crippen LogP contribution >= 0.6 is 27.5 Å². The third kappa shape index (κ3) is 3.03. The van der Waals surface area contributed by atoms with E-state index in [9.17, 15) is 8.78 Å². The zero-order valence-corrected chi connectivity index (χ0v) is 11.7. The van der Waals surface area contributed by atoms with Crippen LogP contribution < -0.4 is 5.32 Å². The molecule has 0 aliphatic carbocycles. The van der Waals surface area contributed by atoms with Gasteiger partial charge in [-0.15, -0.1) is 0 Å². The molecule has 0 unspecified atom stereocenters. The fourth-order valence-corrected chi connectivity index (χ4v) is 2.20. The number of nitrogens with one attached hydrogen (secondary N) is 1. The van der Waals surface area contributed by atoms with Gasteiger partial charge in [-0.3, -0.25) is 0 Å². The molecular formula is C13H6BrClF2N2. The fourth-order valence-electron chi connectivity index (χ4n) is 1.49. The van der Waals surface area contributed by atoms with E-state index in [2.05, 4.69) is 21.2 Å². The van der Waals surface area contributed by atoms with E-state index >= 15 is 0 Å². The molecule has 0 saturated heterocycles. The van der Waals surface area contributed by atoms with Crippen LogP contribution in [0.5, 0.6) is 0 Å². The number of hydrogen-bond acceptors (Lipinski definition) is 2. The molecule has 0 aromatic heterocycles. The summed E-state index contributed by atoms with van der Waals surface area (Å²) >= 11 is 9.00. The smallest absolute Gasteiger partial charge is 0.151 e. The van der Waals surface area contributed by atoms with Crippen molar-refractivity contribution in [2.75, 3.05) is 5.32 Å². The van der Waals surface area contributed by atoms with E-state index < -0.39 is 11.6 Å². The number of nitrogens with zero attached hydrogens (tertiary/aromatic N) is 1. The summed E-state index contributed by atoms with van der Waals surface area (Å²) in [4.78, 5) is 0. The third-order valence-corrected chi connectivity index (χ3v) is 3.32. The average Bonchev–Trinajstić information content (AvgIpc) is 2.34. The van der Waals surface area contributed by atoms with E-state index in [-0.39, 0.29) is 10.7 Å². The lowest BCUT2D eigenvalue weighted by molar-refractivity contribution is 0.586. The van der Waals surface area contributed by atoms with Crippen molar-refractivity contribution in [2.24, 2.45) is 0 Å². The zero-order chi connectivity index (χ0) is 14.0. The summed E-state index contributed by atoms with van der Waals surface area (Å²) in [6.45, 7) is 0. The summed E-state index contributed by atoms with van der Waals surface area (Å²) < 4.78 is 27.1. The largest absolute Gasteiger partial charge is 0.352 e. The zero-order valence-electron chi connectivity index (χ0n) is 9.35. The van der Waals surface area contributed by atoms with Gasteiger partial charge in [-0.2, -0.15) is 5.26 Å². The summed E-state index contributed by atoms with van der Waals surface area (Å²) in [6.07, 6.45) is 0. The highest BCUT2D eigenvalue weighted by Gasteiger charge is 2.11. The Morgan fingerprint density at radius 1 is 1.21 bits per heavy atom. The molecule has 1 N–H and O–H groups in total. The number of hydrogen-bond donors (Lipinski definition) is 1. The summed E-state index contributed by atoms with van der Waals surface area (Å²) in [5.74, 6) is -1.53. The highest BCUT2D eigenvalue weighted by atomic mass is 79.9. The van der Waals surface area contributed by atoms with Crippen molar-refractivity contribution < 1.29 is 8.78 Å². The van der Waals surface area contributed by atoms with Gasteiger partial charge in [-0.25, -0.2) is 8.78 Å². The predicted octanol–water partition coefficient (Wildman–Crippen LogP) is 5.00. The second-order valence-electron chi connectivity index (χ2n) is 3.68. The first-order valence-electron chi connectivity index (χ1n) is 5.12. The van der Waals surface area contributed by atoms with Gasteiger partial charge in [0.05, 0.1) is 16.3 Å². The topological polar surface area (TPSA) is 35.8 Å². The van der Waals surface area contributed by atoms with Gasteiger partial charge in [-0.1, -0.05) is 11.6 Å². The molecule has 2 rings (SSSR count). The maximum Gasteiger partial charge on any atom is 0.151 e. The summed E-state index contributed by atoms with van der Waals surface area (Å²) in [5, 5.41) is 11.5. The Labute approximate surface area is 121 Å². The number of halogens is 4. The fraction of sp³-hybridized carbons (Fsp3) is 0. The van der Waals surface area contributed by atoms with Gasteiger partial charge in [0.1, 0.15) is 11.9 Å². The maximum absolute atomic E-state index is 13.6. The van der Waals surface area contributed by atoms with Gasteiger partial charge in [0.2, 0.25) is 0 Å². The first-order valence-corrected chi connectivity index (χ1v) is 6.29. The number of benzene rings is 2. The van der Waals surface area contributed by atoms with Crippen molar-refractivity contribution in [3.63, 3.8) is 0 Å². The Kier molecular flexibility index (Phi) is 4.03. The second kappa shape index (κ2) is 5.55. The predicted molar refractivity (Wildman–Crippen MR) is 73.5 cm³/mol. The van der Waals surface area contributed by atoms with Crippen LogP contribution in [0, 0.1) is 23.0 Å². The van der Waals surface area contributed by atoms with E-state index in [1.807, 2.05) is 6.07 Å². The Hall–Kier alpha value is -1.64. The first kappa shape index (κ1) is 13.8. The van der Waals surface area contributed by atoms with Crippen molar-refractivity contribution in [2.45, 2.75) is 0 Å². The first-order chi connectivity index (χ1) is 9.01. The van der Waals surface area contributed by atoms with Crippen LogP contribution in [0.3, 0.4) is 0 Å². The van der Waals surface area contributed by atoms with E-state index in [1.54, 1.807) is 18.2 Å². The minimum Gasteiger partial charge on any atom is -0.352 e. The molecule has 19 heavy (non-hydrogen) atoms. The van der Waals surface area contributed by atoms with Crippen LogP contribution in [0.1, 0.15) is 5.56 Å². The molecule has 0 fully saturated rings. The van der Waals surface area contributed by atoms with Crippen molar-refractivity contribution in [1.82, 2.24) is 0 Å². The number of rotatable bonds is 2. The van der Waals surface area contributed by atoms with E-state index in [0.29, 0.717) is 15.7 Å².